The number of hydrogen-bond donors (Lipinski definition) is 2. The fourth-order valence-electron chi connectivity index (χ4n) is 1.49. The molecule has 1 aromatic carbocycles. The topological polar surface area (TPSA) is 108 Å². The number of ether oxygens (including phenoxy) is 2. The molecule has 0 fully saturated rings. The van der Waals surface area contributed by atoms with Gasteiger partial charge in [0.15, 0.2) is 21.3 Å². The number of nitrogens with two attached hydrogens (primary N) is 1. The Morgan fingerprint density at radius 2 is 2.00 bits per heavy atom. The lowest BCUT2D eigenvalue weighted by atomic mass is 10.2. The average molecular weight is 272 g/mol. The third kappa shape index (κ3) is 2.83. The molecule has 0 saturated carbocycles. The van der Waals surface area contributed by atoms with E-state index in [9.17, 15) is 13.2 Å². The molecule has 0 bridgehead atoms. The van der Waals surface area contributed by atoms with Crippen molar-refractivity contribution in [3.05, 3.63) is 12.1 Å². The third-order valence-corrected chi connectivity index (χ3v) is 3.00. The van der Waals surface area contributed by atoms with E-state index in [1.165, 1.54) is 12.1 Å². The molecule has 7 nitrogen and oxygen atoms in total. The maximum Gasteiger partial charge on any atom is 0.239 e. The van der Waals surface area contributed by atoms with Crippen molar-refractivity contribution in [3.63, 3.8) is 0 Å². The largest absolute Gasteiger partial charge is 0.454 e. The van der Waals surface area contributed by atoms with Gasteiger partial charge in [-0.05, 0) is 0 Å². The van der Waals surface area contributed by atoms with E-state index in [4.69, 9.17) is 15.2 Å². The van der Waals surface area contributed by atoms with Crippen LogP contribution in [0.25, 0.3) is 0 Å². The van der Waals surface area contributed by atoms with E-state index in [-0.39, 0.29) is 12.5 Å². The molecule has 98 valence electrons. The quantitative estimate of drug-likeness (QED) is 0.749. The van der Waals surface area contributed by atoms with Gasteiger partial charge in [0.05, 0.1) is 11.4 Å². The Labute approximate surface area is 104 Å². The Bertz CT molecular complexity index is 597. The van der Waals surface area contributed by atoms with E-state index in [0.29, 0.717) is 17.2 Å². The van der Waals surface area contributed by atoms with Crippen LogP contribution in [0.3, 0.4) is 0 Å². The van der Waals surface area contributed by atoms with Gasteiger partial charge in [-0.2, -0.15) is 0 Å². The third-order valence-electron chi connectivity index (χ3n) is 2.21. The second-order valence-corrected chi connectivity index (χ2v) is 6.05. The summed E-state index contributed by atoms with van der Waals surface area (Å²) in [7, 11) is -3.38. The van der Waals surface area contributed by atoms with E-state index in [1.54, 1.807) is 0 Å². The lowest BCUT2D eigenvalue weighted by molar-refractivity contribution is -0.113. The number of nitrogen functional groups attached to an aromatic ring is 1. The van der Waals surface area contributed by atoms with Crippen molar-refractivity contribution in [3.8, 4) is 11.5 Å². The number of nitrogens with one attached hydrogen (secondary N) is 1. The Kier molecular flexibility index (Phi) is 3.04. The van der Waals surface area contributed by atoms with Gasteiger partial charge in [0.25, 0.3) is 0 Å². The number of carbonyl (C=O) groups is 1. The minimum absolute atomic E-state index is 0.0928. The van der Waals surface area contributed by atoms with Gasteiger partial charge in [0, 0.05) is 18.4 Å². The average Bonchev–Trinajstić information content (AvgIpc) is 2.62. The maximum atomic E-state index is 11.5. The van der Waals surface area contributed by atoms with Crippen LogP contribution >= 0.6 is 0 Å². The summed E-state index contributed by atoms with van der Waals surface area (Å²) in [5.74, 6) is -0.295. The summed E-state index contributed by atoms with van der Waals surface area (Å²) in [6, 6.07) is 3.01. The fourth-order valence-corrected chi connectivity index (χ4v) is 2.04. The van der Waals surface area contributed by atoms with Crippen molar-refractivity contribution in [1.29, 1.82) is 0 Å². The van der Waals surface area contributed by atoms with Crippen molar-refractivity contribution >= 4 is 27.1 Å². The lowest BCUT2D eigenvalue weighted by Crippen LogP contribution is -2.22. The van der Waals surface area contributed by atoms with Gasteiger partial charge in [-0.3, -0.25) is 4.79 Å². The highest BCUT2D eigenvalue weighted by Gasteiger charge is 2.18. The molecule has 8 heteroatoms. The van der Waals surface area contributed by atoms with Crippen LogP contribution in [-0.2, 0) is 14.6 Å². The van der Waals surface area contributed by atoms with Crippen molar-refractivity contribution in [1.82, 2.24) is 0 Å². The summed E-state index contributed by atoms with van der Waals surface area (Å²) in [6.07, 6.45) is 0.982. The summed E-state index contributed by atoms with van der Waals surface area (Å²) < 4.78 is 32.2. The fraction of sp³-hybridized carbons (Fsp3) is 0.300. The van der Waals surface area contributed by atoms with Crippen LogP contribution in [0.1, 0.15) is 0 Å². The van der Waals surface area contributed by atoms with Gasteiger partial charge < -0.3 is 20.5 Å². The Morgan fingerprint density at radius 3 is 2.61 bits per heavy atom. The molecule has 1 aliphatic rings. The van der Waals surface area contributed by atoms with E-state index < -0.39 is 21.5 Å². The molecule has 0 aliphatic carbocycles. The number of sulfone groups is 1. The lowest BCUT2D eigenvalue weighted by Gasteiger charge is -2.08. The molecule has 1 aliphatic heterocycles. The number of fused-ring (bicyclic) bond motifs is 1. The summed E-state index contributed by atoms with van der Waals surface area (Å²) in [5.41, 5.74) is 6.28. The minimum atomic E-state index is -3.38. The zero-order chi connectivity index (χ0) is 13.3. The predicted octanol–water partition coefficient (Wildman–Crippen LogP) is -0.0194. The summed E-state index contributed by atoms with van der Waals surface area (Å²) in [4.78, 5) is 11.5. The number of amides is 1. The first-order valence-corrected chi connectivity index (χ1v) is 7.08. The molecule has 3 N–H and O–H groups in total. The molecule has 0 saturated heterocycles. The predicted molar refractivity (Wildman–Crippen MR) is 65.3 cm³/mol. The van der Waals surface area contributed by atoms with Crippen LogP contribution in [0.2, 0.25) is 0 Å². The number of hydrogen-bond acceptors (Lipinski definition) is 6. The minimum Gasteiger partial charge on any atom is -0.454 e. The first kappa shape index (κ1) is 12.5. The number of rotatable bonds is 3. The Balaban J connectivity index is 2.17. The molecule has 0 unspecified atom stereocenters. The molecule has 0 aromatic heterocycles. The SMILES string of the molecule is CS(=O)(=O)CC(=O)Nc1cc2c(cc1N)OCO2. The van der Waals surface area contributed by atoms with E-state index in [2.05, 4.69) is 5.32 Å². The van der Waals surface area contributed by atoms with Gasteiger partial charge in [-0.25, -0.2) is 8.42 Å². The van der Waals surface area contributed by atoms with Crippen molar-refractivity contribution in [2.75, 3.05) is 29.9 Å². The molecule has 2 rings (SSSR count). The Morgan fingerprint density at radius 1 is 1.39 bits per heavy atom. The number of benzene rings is 1. The van der Waals surface area contributed by atoms with Crippen LogP contribution in [-0.4, -0.2) is 33.1 Å². The number of carbonyl (C=O) groups excluding carboxylic acids is 1. The maximum absolute atomic E-state index is 11.5. The van der Waals surface area contributed by atoms with Crippen LogP contribution in [0.15, 0.2) is 12.1 Å². The summed E-state index contributed by atoms with van der Waals surface area (Å²) in [5, 5.41) is 2.42. The monoisotopic (exact) mass is 272 g/mol. The van der Waals surface area contributed by atoms with Crippen LogP contribution in [0.5, 0.6) is 11.5 Å². The van der Waals surface area contributed by atoms with Gasteiger partial charge in [0.1, 0.15) is 5.75 Å². The van der Waals surface area contributed by atoms with Gasteiger partial charge >= 0.3 is 0 Å². The van der Waals surface area contributed by atoms with Gasteiger partial charge in [0.2, 0.25) is 12.7 Å². The van der Waals surface area contributed by atoms with E-state index in [0.717, 1.165) is 6.26 Å². The molecule has 1 heterocycles. The zero-order valence-electron chi connectivity index (χ0n) is 9.60. The van der Waals surface area contributed by atoms with Crippen LogP contribution in [0, 0.1) is 0 Å². The van der Waals surface area contributed by atoms with Crippen molar-refractivity contribution < 1.29 is 22.7 Å². The molecule has 0 atom stereocenters. The smallest absolute Gasteiger partial charge is 0.239 e. The van der Waals surface area contributed by atoms with E-state index >= 15 is 0 Å². The molecule has 18 heavy (non-hydrogen) atoms. The summed E-state index contributed by atoms with van der Waals surface area (Å²) >= 11 is 0. The highest BCUT2D eigenvalue weighted by Crippen LogP contribution is 2.38. The molecular formula is C10H12N2O5S. The molecule has 1 amide bonds. The second kappa shape index (κ2) is 4.37. The highest BCUT2D eigenvalue weighted by atomic mass is 32.2. The first-order chi connectivity index (χ1) is 8.35. The van der Waals surface area contributed by atoms with Crippen molar-refractivity contribution in [2.24, 2.45) is 0 Å². The van der Waals surface area contributed by atoms with Crippen LogP contribution < -0.4 is 20.5 Å². The van der Waals surface area contributed by atoms with Gasteiger partial charge in [-0.1, -0.05) is 0 Å². The molecule has 1 aromatic rings. The first-order valence-electron chi connectivity index (χ1n) is 5.02. The number of anilines is 2. The van der Waals surface area contributed by atoms with Crippen molar-refractivity contribution in [2.45, 2.75) is 0 Å². The van der Waals surface area contributed by atoms with Gasteiger partial charge in [-0.15, -0.1) is 0 Å². The Hall–Kier alpha value is -1.96. The standard InChI is InChI=1S/C10H12N2O5S/c1-18(14,15)4-10(13)12-7-3-9-8(2-6(7)11)16-5-17-9/h2-3H,4-5,11H2,1H3,(H,12,13). The summed E-state index contributed by atoms with van der Waals surface area (Å²) in [6.45, 7) is 0.0928. The normalized spacial score (nSPS) is 13.4. The highest BCUT2D eigenvalue weighted by molar-refractivity contribution is 7.91. The van der Waals surface area contributed by atoms with Crippen LogP contribution in [0.4, 0.5) is 11.4 Å². The molecule has 0 radical (unpaired) electrons. The second-order valence-electron chi connectivity index (χ2n) is 3.91. The molecular weight excluding hydrogens is 260 g/mol. The molecule has 0 spiro atoms. The zero-order valence-corrected chi connectivity index (χ0v) is 10.4. The van der Waals surface area contributed by atoms with E-state index in [1.807, 2.05) is 0 Å².